The highest BCUT2D eigenvalue weighted by Crippen LogP contribution is 2.26. The fourth-order valence-electron chi connectivity index (χ4n) is 3.13. The summed E-state index contributed by atoms with van der Waals surface area (Å²) < 4.78 is 19.2. The molecule has 1 atom stereocenters. The van der Waals surface area contributed by atoms with Gasteiger partial charge in [-0.05, 0) is 17.7 Å². The Bertz CT molecular complexity index is 707. The molecule has 4 nitrogen and oxygen atoms in total. The van der Waals surface area contributed by atoms with Crippen molar-refractivity contribution in [1.29, 1.82) is 0 Å². The molecule has 0 amide bonds. The summed E-state index contributed by atoms with van der Waals surface area (Å²) in [6.07, 6.45) is 0. The maximum Gasteiger partial charge on any atom is 0.123 e. The summed E-state index contributed by atoms with van der Waals surface area (Å²) in [4.78, 5) is 7.11. The van der Waals surface area contributed by atoms with Crippen LogP contribution in [-0.4, -0.2) is 42.7 Å². The zero-order chi connectivity index (χ0) is 18.6. The lowest BCUT2D eigenvalue weighted by Gasteiger charge is -2.35. The van der Waals surface area contributed by atoms with Gasteiger partial charge in [-0.2, -0.15) is 0 Å². The number of nitrogens with zero attached hydrogens (tertiary/aromatic N) is 2. The van der Waals surface area contributed by atoms with Crippen molar-refractivity contribution < 1.29 is 9.13 Å². The number of hydrogen-bond acceptors (Lipinski definition) is 5. The number of halogens is 1. The molecule has 0 saturated carbocycles. The van der Waals surface area contributed by atoms with Crippen LogP contribution >= 0.6 is 11.3 Å². The van der Waals surface area contributed by atoms with E-state index >= 15 is 0 Å². The quantitative estimate of drug-likeness (QED) is 0.832. The highest BCUT2D eigenvalue weighted by molar-refractivity contribution is 7.09. The van der Waals surface area contributed by atoms with Gasteiger partial charge in [-0.25, -0.2) is 9.37 Å². The second-order valence-electron chi connectivity index (χ2n) is 7.74. The molecule has 1 unspecified atom stereocenters. The molecule has 1 aliphatic heterocycles. The van der Waals surface area contributed by atoms with E-state index < -0.39 is 0 Å². The van der Waals surface area contributed by atoms with E-state index in [2.05, 4.69) is 36.4 Å². The monoisotopic (exact) mass is 377 g/mol. The number of aromatic nitrogens is 1. The van der Waals surface area contributed by atoms with Crippen LogP contribution in [0.5, 0.6) is 0 Å². The van der Waals surface area contributed by atoms with Crippen LogP contribution in [0.4, 0.5) is 4.39 Å². The van der Waals surface area contributed by atoms with Crippen molar-refractivity contribution >= 4 is 11.3 Å². The van der Waals surface area contributed by atoms with Crippen molar-refractivity contribution in [2.24, 2.45) is 0 Å². The van der Waals surface area contributed by atoms with Crippen LogP contribution in [0.25, 0.3) is 0 Å². The van der Waals surface area contributed by atoms with E-state index in [1.807, 2.05) is 6.07 Å². The maximum atomic E-state index is 13.7. The molecule has 0 spiro atoms. The van der Waals surface area contributed by atoms with Gasteiger partial charge in [0, 0.05) is 43.0 Å². The molecule has 26 heavy (non-hydrogen) atoms. The van der Waals surface area contributed by atoms with Crippen molar-refractivity contribution in [3.8, 4) is 0 Å². The van der Waals surface area contributed by atoms with Gasteiger partial charge >= 0.3 is 0 Å². The zero-order valence-electron chi connectivity index (χ0n) is 15.8. The van der Waals surface area contributed by atoms with Gasteiger partial charge in [0.15, 0.2) is 0 Å². The van der Waals surface area contributed by atoms with Crippen molar-refractivity contribution in [1.82, 2.24) is 15.2 Å². The topological polar surface area (TPSA) is 37.4 Å². The number of thiazole rings is 1. The average Bonchev–Trinajstić information content (AvgIpc) is 3.09. The normalized spacial score (nSPS) is 17.4. The molecule has 0 bridgehead atoms. The lowest BCUT2D eigenvalue weighted by molar-refractivity contribution is 0.0160. The van der Waals surface area contributed by atoms with Gasteiger partial charge in [-0.1, -0.05) is 32.9 Å². The Morgan fingerprint density at radius 1 is 1.31 bits per heavy atom. The predicted octanol–water partition coefficient (Wildman–Crippen LogP) is 3.74. The predicted molar refractivity (Wildman–Crippen MR) is 104 cm³/mol. The Morgan fingerprint density at radius 2 is 2.08 bits per heavy atom. The summed E-state index contributed by atoms with van der Waals surface area (Å²) in [5.41, 5.74) is 2.16. The van der Waals surface area contributed by atoms with Crippen LogP contribution in [0.15, 0.2) is 29.6 Å². The minimum absolute atomic E-state index is 0.0841. The first-order valence-corrected chi connectivity index (χ1v) is 10.0. The van der Waals surface area contributed by atoms with E-state index in [0.717, 1.165) is 55.7 Å². The van der Waals surface area contributed by atoms with E-state index in [1.165, 1.54) is 6.07 Å². The Balaban J connectivity index is 1.65. The van der Waals surface area contributed by atoms with Crippen molar-refractivity contribution in [3.63, 3.8) is 0 Å². The minimum atomic E-state index is -0.185. The van der Waals surface area contributed by atoms with E-state index in [0.29, 0.717) is 0 Å². The summed E-state index contributed by atoms with van der Waals surface area (Å²) in [6, 6.07) is 7.06. The molecule has 1 aromatic heterocycles. The van der Waals surface area contributed by atoms with Gasteiger partial charge in [0.05, 0.1) is 23.9 Å². The van der Waals surface area contributed by atoms with Gasteiger partial charge in [0.1, 0.15) is 5.82 Å². The second kappa shape index (κ2) is 8.57. The maximum absolute atomic E-state index is 13.7. The molecule has 0 aliphatic carbocycles. The molecule has 2 aromatic rings. The van der Waals surface area contributed by atoms with Crippen LogP contribution < -0.4 is 5.32 Å². The molecule has 1 saturated heterocycles. The van der Waals surface area contributed by atoms with Gasteiger partial charge in [0.2, 0.25) is 0 Å². The molecular formula is C20H28FN3OS. The van der Waals surface area contributed by atoms with E-state index in [9.17, 15) is 4.39 Å². The molecule has 1 aromatic carbocycles. The molecule has 1 aliphatic rings. The number of morpholine rings is 1. The van der Waals surface area contributed by atoms with E-state index in [1.54, 1.807) is 23.5 Å². The Hall–Kier alpha value is -1.34. The number of hydrogen-bond donors (Lipinski definition) is 1. The SMILES string of the molecule is CC(C)(C)c1nc(CNCC(c2cccc(F)c2)N2CCOCC2)cs1. The van der Waals surface area contributed by atoms with E-state index in [4.69, 9.17) is 9.72 Å². The number of ether oxygens (including phenoxy) is 1. The van der Waals surface area contributed by atoms with Gasteiger partial charge < -0.3 is 10.1 Å². The Morgan fingerprint density at radius 3 is 2.73 bits per heavy atom. The van der Waals surface area contributed by atoms with Gasteiger partial charge in [-0.3, -0.25) is 4.90 Å². The smallest absolute Gasteiger partial charge is 0.123 e. The molecule has 0 radical (unpaired) electrons. The first-order chi connectivity index (χ1) is 12.4. The van der Waals surface area contributed by atoms with Crippen LogP contribution in [0.1, 0.15) is 43.1 Å². The van der Waals surface area contributed by atoms with Crippen LogP contribution in [0, 0.1) is 5.82 Å². The standard InChI is InChI=1S/C20H28FN3OS/c1-20(2,3)19-23-17(14-26-19)12-22-13-18(24-7-9-25-10-8-24)15-5-4-6-16(21)11-15/h4-6,11,14,18,22H,7-10,12-13H2,1-3H3. The fraction of sp³-hybridized carbons (Fsp3) is 0.550. The third-order valence-corrected chi connectivity index (χ3v) is 5.87. The van der Waals surface area contributed by atoms with Crippen molar-refractivity contribution in [2.45, 2.75) is 38.8 Å². The first-order valence-electron chi connectivity index (χ1n) is 9.16. The van der Waals surface area contributed by atoms with Crippen molar-refractivity contribution in [2.75, 3.05) is 32.8 Å². The average molecular weight is 378 g/mol. The molecule has 1 N–H and O–H groups in total. The van der Waals surface area contributed by atoms with Crippen LogP contribution in [-0.2, 0) is 16.7 Å². The summed E-state index contributed by atoms with van der Waals surface area (Å²) in [7, 11) is 0. The highest BCUT2D eigenvalue weighted by Gasteiger charge is 2.23. The third-order valence-electron chi connectivity index (χ3n) is 4.56. The first kappa shape index (κ1) is 19.4. The molecular weight excluding hydrogens is 349 g/mol. The summed E-state index contributed by atoms with van der Waals surface area (Å²) in [5, 5.41) is 6.80. The molecule has 2 heterocycles. The largest absolute Gasteiger partial charge is 0.379 e. The Kier molecular flexibility index (Phi) is 6.40. The number of benzene rings is 1. The van der Waals surface area contributed by atoms with Crippen LogP contribution in [0.3, 0.4) is 0 Å². The minimum Gasteiger partial charge on any atom is -0.379 e. The summed E-state index contributed by atoms with van der Waals surface area (Å²) >= 11 is 1.71. The lowest BCUT2D eigenvalue weighted by Crippen LogP contribution is -2.42. The molecule has 3 rings (SSSR count). The van der Waals surface area contributed by atoms with E-state index in [-0.39, 0.29) is 17.3 Å². The highest BCUT2D eigenvalue weighted by atomic mass is 32.1. The fourth-order valence-corrected chi connectivity index (χ4v) is 4.04. The van der Waals surface area contributed by atoms with Crippen LogP contribution in [0.2, 0.25) is 0 Å². The number of nitrogens with one attached hydrogen (secondary N) is 1. The second-order valence-corrected chi connectivity index (χ2v) is 8.60. The number of rotatable bonds is 6. The van der Waals surface area contributed by atoms with Crippen molar-refractivity contribution in [3.05, 3.63) is 51.7 Å². The zero-order valence-corrected chi connectivity index (χ0v) is 16.6. The molecule has 1 fully saturated rings. The van der Waals surface area contributed by atoms with Gasteiger partial charge in [-0.15, -0.1) is 11.3 Å². The summed E-state index contributed by atoms with van der Waals surface area (Å²) in [5.74, 6) is -0.185. The third kappa shape index (κ3) is 5.10. The lowest BCUT2D eigenvalue weighted by atomic mass is 9.98. The summed E-state index contributed by atoms with van der Waals surface area (Å²) in [6.45, 7) is 11.2. The molecule has 6 heteroatoms. The van der Waals surface area contributed by atoms with Gasteiger partial charge in [0.25, 0.3) is 0 Å². The Labute approximate surface area is 159 Å². The molecule has 142 valence electrons.